The van der Waals surface area contributed by atoms with Gasteiger partial charge in [0.05, 0.1) is 19.8 Å². The van der Waals surface area contributed by atoms with Crippen LogP contribution in [-0.4, -0.2) is 39.4 Å². The second-order valence-corrected chi connectivity index (χ2v) is 4.90. The first-order valence-corrected chi connectivity index (χ1v) is 7.15. The Kier molecular flexibility index (Phi) is 6.20. The molecule has 21 heavy (non-hydrogen) atoms. The average molecular weight is 301 g/mol. The molecule has 0 aliphatic carbocycles. The fourth-order valence-corrected chi connectivity index (χ4v) is 2.09. The van der Waals surface area contributed by atoms with Crippen molar-refractivity contribution in [3.05, 3.63) is 23.8 Å². The lowest BCUT2D eigenvalue weighted by Crippen LogP contribution is -2.24. The van der Waals surface area contributed by atoms with Gasteiger partial charge in [0.2, 0.25) is 0 Å². The Morgan fingerprint density at radius 3 is 2.76 bits per heavy atom. The van der Waals surface area contributed by atoms with Crippen molar-refractivity contribution < 1.29 is 23.0 Å². The van der Waals surface area contributed by atoms with Gasteiger partial charge in [0.15, 0.2) is 11.5 Å². The molecule has 0 bridgehead atoms. The first kappa shape index (κ1) is 16.0. The van der Waals surface area contributed by atoms with E-state index < -0.39 is 13.0 Å². The van der Waals surface area contributed by atoms with Crippen LogP contribution in [0.1, 0.15) is 24.9 Å². The molecule has 1 aliphatic rings. The van der Waals surface area contributed by atoms with Gasteiger partial charge in [-0.2, -0.15) is 0 Å². The Morgan fingerprint density at radius 1 is 1.24 bits per heavy atom. The molecule has 1 aliphatic heterocycles. The van der Waals surface area contributed by atoms with E-state index in [0.29, 0.717) is 19.8 Å². The molecule has 0 radical (unpaired) electrons. The molecule has 2 rings (SSSR count). The topological polar surface area (TPSA) is 39.7 Å². The zero-order chi connectivity index (χ0) is 15.1. The summed E-state index contributed by atoms with van der Waals surface area (Å²) in [5.41, 5.74) is 1.06. The Labute approximate surface area is 123 Å². The summed E-state index contributed by atoms with van der Waals surface area (Å²) in [6.45, 7) is 3.59. The maximum absolute atomic E-state index is 11.9. The number of halogens is 2. The molecule has 1 aromatic rings. The fourth-order valence-electron chi connectivity index (χ4n) is 2.09. The Morgan fingerprint density at radius 2 is 2.00 bits per heavy atom. The Hall–Kier alpha value is -1.40. The van der Waals surface area contributed by atoms with Crippen molar-refractivity contribution in [2.24, 2.45) is 0 Å². The van der Waals surface area contributed by atoms with Crippen LogP contribution < -0.4 is 14.8 Å². The lowest BCUT2D eigenvalue weighted by atomic mass is 10.1. The maximum Gasteiger partial charge on any atom is 0.261 e. The zero-order valence-corrected chi connectivity index (χ0v) is 12.1. The minimum Gasteiger partial charge on any atom is -0.490 e. The van der Waals surface area contributed by atoms with Gasteiger partial charge in [-0.3, -0.25) is 0 Å². The van der Waals surface area contributed by atoms with Crippen molar-refractivity contribution in [3.8, 4) is 11.5 Å². The van der Waals surface area contributed by atoms with Gasteiger partial charge in [-0.25, -0.2) is 8.78 Å². The van der Waals surface area contributed by atoms with Gasteiger partial charge in [0.25, 0.3) is 6.43 Å². The molecule has 1 heterocycles. The molecule has 0 fully saturated rings. The number of hydrogen-bond acceptors (Lipinski definition) is 4. The van der Waals surface area contributed by atoms with Gasteiger partial charge >= 0.3 is 0 Å². The molecular formula is C15H21F2NO3. The first-order chi connectivity index (χ1) is 10.2. The monoisotopic (exact) mass is 301 g/mol. The summed E-state index contributed by atoms with van der Waals surface area (Å²) in [5, 5.41) is 3.23. The van der Waals surface area contributed by atoms with Gasteiger partial charge in [-0.1, -0.05) is 6.07 Å². The van der Waals surface area contributed by atoms with E-state index in [-0.39, 0.29) is 12.6 Å². The van der Waals surface area contributed by atoms with E-state index in [9.17, 15) is 8.78 Å². The fraction of sp³-hybridized carbons (Fsp3) is 0.600. The van der Waals surface area contributed by atoms with Crippen molar-refractivity contribution in [1.82, 2.24) is 5.32 Å². The predicted octanol–water partition coefficient (Wildman–Crippen LogP) is 2.78. The van der Waals surface area contributed by atoms with E-state index in [1.54, 1.807) is 0 Å². The van der Waals surface area contributed by atoms with Gasteiger partial charge in [0.1, 0.15) is 6.61 Å². The highest BCUT2D eigenvalue weighted by molar-refractivity contribution is 5.44. The van der Waals surface area contributed by atoms with Gasteiger partial charge < -0.3 is 19.5 Å². The van der Waals surface area contributed by atoms with Crippen LogP contribution in [0.3, 0.4) is 0 Å². The van der Waals surface area contributed by atoms with E-state index in [0.717, 1.165) is 23.5 Å². The molecule has 1 N–H and O–H groups in total. The standard InChI is InChI=1S/C15H21F2NO3/c1-11(18-5-8-19-10-15(16)17)12-3-4-13-14(9-12)21-7-2-6-20-13/h3-4,9,11,15,18H,2,5-8,10H2,1H3. The van der Waals surface area contributed by atoms with Crippen LogP contribution in [0.5, 0.6) is 11.5 Å². The predicted molar refractivity (Wildman–Crippen MR) is 75.3 cm³/mol. The lowest BCUT2D eigenvalue weighted by Gasteiger charge is -2.16. The van der Waals surface area contributed by atoms with Crippen LogP contribution >= 0.6 is 0 Å². The third kappa shape index (κ3) is 5.13. The average Bonchev–Trinajstić information content (AvgIpc) is 2.70. The third-order valence-corrected chi connectivity index (χ3v) is 3.21. The van der Waals surface area contributed by atoms with E-state index in [4.69, 9.17) is 14.2 Å². The number of fused-ring (bicyclic) bond motifs is 1. The highest BCUT2D eigenvalue weighted by Gasteiger charge is 2.13. The van der Waals surface area contributed by atoms with E-state index in [1.165, 1.54) is 0 Å². The summed E-state index contributed by atoms with van der Waals surface area (Å²) < 4.78 is 39.9. The number of hydrogen-bond donors (Lipinski definition) is 1. The lowest BCUT2D eigenvalue weighted by molar-refractivity contribution is 0.0183. The van der Waals surface area contributed by atoms with E-state index in [1.807, 2.05) is 25.1 Å². The molecule has 0 saturated heterocycles. The molecule has 0 amide bonds. The Bertz CT molecular complexity index is 443. The second-order valence-electron chi connectivity index (χ2n) is 4.90. The van der Waals surface area contributed by atoms with Crippen LogP contribution in [0, 0.1) is 0 Å². The SMILES string of the molecule is CC(NCCOCC(F)F)c1ccc2c(c1)OCCCO2. The summed E-state index contributed by atoms with van der Waals surface area (Å²) in [5.74, 6) is 1.52. The molecule has 0 spiro atoms. The molecule has 6 heteroatoms. The van der Waals surface area contributed by atoms with Crippen molar-refractivity contribution in [2.75, 3.05) is 33.0 Å². The molecular weight excluding hydrogens is 280 g/mol. The quantitative estimate of drug-likeness (QED) is 0.786. The van der Waals surface area contributed by atoms with Gasteiger partial charge in [0, 0.05) is 19.0 Å². The zero-order valence-electron chi connectivity index (χ0n) is 12.1. The minimum absolute atomic E-state index is 0.0808. The number of nitrogens with one attached hydrogen (secondary N) is 1. The summed E-state index contributed by atoms with van der Waals surface area (Å²) in [7, 11) is 0. The first-order valence-electron chi connectivity index (χ1n) is 7.15. The smallest absolute Gasteiger partial charge is 0.261 e. The van der Waals surface area contributed by atoms with Crippen molar-refractivity contribution in [2.45, 2.75) is 25.8 Å². The molecule has 0 aromatic heterocycles. The van der Waals surface area contributed by atoms with E-state index in [2.05, 4.69) is 5.32 Å². The number of benzene rings is 1. The van der Waals surface area contributed by atoms with Gasteiger partial charge in [-0.15, -0.1) is 0 Å². The van der Waals surface area contributed by atoms with Crippen LogP contribution in [0.15, 0.2) is 18.2 Å². The molecule has 4 nitrogen and oxygen atoms in total. The molecule has 0 saturated carbocycles. The van der Waals surface area contributed by atoms with Gasteiger partial charge in [-0.05, 0) is 24.6 Å². The highest BCUT2D eigenvalue weighted by Crippen LogP contribution is 2.32. The normalized spacial score (nSPS) is 15.8. The summed E-state index contributed by atoms with van der Waals surface area (Å²) >= 11 is 0. The number of alkyl halides is 2. The van der Waals surface area contributed by atoms with Crippen LogP contribution in [0.2, 0.25) is 0 Å². The summed E-state index contributed by atoms with van der Waals surface area (Å²) in [6, 6.07) is 5.92. The maximum atomic E-state index is 11.9. The molecule has 118 valence electrons. The van der Waals surface area contributed by atoms with Crippen molar-refractivity contribution in [1.29, 1.82) is 0 Å². The van der Waals surface area contributed by atoms with Crippen LogP contribution in [0.4, 0.5) is 8.78 Å². The molecule has 1 atom stereocenters. The highest BCUT2D eigenvalue weighted by atomic mass is 19.3. The number of rotatable bonds is 7. The molecule has 1 unspecified atom stereocenters. The molecule has 1 aromatic carbocycles. The second kappa shape index (κ2) is 8.14. The van der Waals surface area contributed by atoms with Crippen LogP contribution in [-0.2, 0) is 4.74 Å². The van der Waals surface area contributed by atoms with E-state index >= 15 is 0 Å². The largest absolute Gasteiger partial charge is 0.490 e. The number of ether oxygens (including phenoxy) is 3. The van der Waals surface area contributed by atoms with Crippen LogP contribution in [0.25, 0.3) is 0 Å². The summed E-state index contributed by atoms with van der Waals surface area (Å²) in [4.78, 5) is 0. The van der Waals surface area contributed by atoms with Crippen molar-refractivity contribution >= 4 is 0 Å². The minimum atomic E-state index is -2.41. The summed E-state index contributed by atoms with van der Waals surface area (Å²) in [6.07, 6.45) is -1.54. The van der Waals surface area contributed by atoms with Crippen molar-refractivity contribution in [3.63, 3.8) is 0 Å². The Balaban J connectivity index is 1.82. The third-order valence-electron chi connectivity index (χ3n) is 3.21.